The maximum absolute atomic E-state index is 13.8. The zero-order chi connectivity index (χ0) is 16.5. The van der Waals surface area contributed by atoms with Gasteiger partial charge in [0.1, 0.15) is 18.0 Å². The summed E-state index contributed by atoms with van der Waals surface area (Å²) in [4.78, 5) is 2.22. The van der Waals surface area contributed by atoms with E-state index in [1.54, 1.807) is 18.2 Å². The van der Waals surface area contributed by atoms with Crippen LogP contribution in [0.1, 0.15) is 55.1 Å². The van der Waals surface area contributed by atoms with Crippen molar-refractivity contribution in [2.24, 2.45) is 0 Å². The normalized spacial score (nSPS) is 23.3. The summed E-state index contributed by atoms with van der Waals surface area (Å²) in [5.74, 6) is 1.07. The predicted molar refractivity (Wildman–Crippen MR) is 88.1 cm³/mol. The van der Waals surface area contributed by atoms with Crippen molar-refractivity contribution in [2.75, 3.05) is 19.6 Å². The zero-order valence-electron chi connectivity index (χ0n) is 13.7. The highest BCUT2D eigenvalue weighted by Crippen LogP contribution is 2.38. The van der Waals surface area contributed by atoms with Crippen LogP contribution in [0.3, 0.4) is 0 Å². The van der Waals surface area contributed by atoms with Crippen LogP contribution in [0, 0.1) is 5.82 Å². The maximum atomic E-state index is 13.8. The number of aliphatic hydroxyl groups excluding tert-OH is 1. The Labute approximate surface area is 141 Å². The molecule has 2 fully saturated rings. The lowest BCUT2D eigenvalue weighted by atomic mass is 9.96. The van der Waals surface area contributed by atoms with Gasteiger partial charge in [-0.1, -0.05) is 18.2 Å². The first-order valence-corrected chi connectivity index (χ1v) is 8.76. The minimum Gasteiger partial charge on any atom is -0.387 e. The highest BCUT2D eigenvalue weighted by Gasteiger charge is 2.32. The van der Waals surface area contributed by atoms with Crippen molar-refractivity contribution in [1.82, 2.24) is 19.7 Å². The van der Waals surface area contributed by atoms with Crippen LogP contribution in [-0.2, 0) is 0 Å². The van der Waals surface area contributed by atoms with Gasteiger partial charge in [0.2, 0.25) is 0 Å². The monoisotopic (exact) mass is 330 g/mol. The molecule has 5 nitrogen and oxygen atoms in total. The summed E-state index contributed by atoms with van der Waals surface area (Å²) in [5.41, 5.74) is 0.376. The molecule has 2 aromatic rings. The Morgan fingerprint density at radius 1 is 1.25 bits per heavy atom. The fourth-order valence-electron chi connectivity index (χ4n) is 3.70. The molecular formula is C18H23FN4O. The Kier molecular flexibility index (Phi) is 4.33. The predicted octanol–water partition coefficient (Wildman–Crippen LogP) is 2.67. The molecule has 1 aliphatic carbocycles. The summed E-state index contributed by atoms with van der Waals surface area (Å²) in [5, 5.41) is 18.9. The molecule has 1 aliphatic heterocycles. The van der Waals surface area contributed by atoms with Gasteiger partial charge in [-0.25, -0.2) is 4.39 Å². The Hall–Kier alpha value is -1.79. The van der Waals surface area contributed by atoms with Gasteiger partial charge in [-0.05, 0) is 38.3 Å². The second kappa shape index (κ2) is 6.61. The number of aliphatic hydroxyl groups is 1. The topological polar surface area (TPSA) is 54.2 Å². The van der Waals surface area contributed by atoms with Gasteiger partial charge >= 0.3 is 0 Å². The van der Waals surface area contributed by atoms with Gasteiger partial charge < -0.3 is 9.67 Å². The molecular weight excluding hydrogens is 307 g/mol. The van der Waals surface area contributed by atoms with Crippen molar-refractivity contribution in [3.8, 4) is 0 Å². The summed E-state index contributed by atoms with van der Waals surface area (Å²) in [6.07, 6.45) is 5.64. The van der Waals surface area contributed by atoms with Crippen molar-refractivity contribution < 1.29 is 9.50 Å². The molecule has 128 valence electrons. The first kappa shape index (κ1) is 15.7. The number of likely N-dealkylation sites (tertiary alicyclic amines) is 1. The number of hydrogen-bond donors (Lipinski definition) is 1. The van der Waals surface area contributed by atoms with E-state index in [1.807, 2.05) is 6.33 Å². The summed E-state index contributed by atoms with van der Waals surface area (Å²) >= 11 is 0. The number of piperidine rings is 1. The first-order valence-electron chi connectivity index (χ1n) is 8.76. The van der Waals surface area contributed by atoms with Gasteiger partial charge in [-0.3, -0.25) is 4.90 Å². The Morgan fingerprint density at radius 3 is 2.88 bits per heavy atom. The highest BCUT2D eigenvalue weighted by atomic mass is 19.1. The van der Waals surface area contributed by atoms with E-state index in [9.17, 15) is 9.50 Å². The minimum absolute atomic E-state index is 0.341. The number of aromatic nitrogens is 3. The van der Waals surface area contributed by atoms with E-state index in [1.165, 1.54) is 18.9 Å². The molecule has 1 saturated carbocycles. The van der Waals surface area contributed by atoms with E-state index in [0.717, 1.165) is 31.8 Å². The minimum atomic E-state index is -0.800. The van der Waals surface area contributed by atoms with Crippen molar-refractivity contribution in [2.45, 2.75) is 43.7 Å². The number of halogens is 1. The standard InChI is InChI=1S/C18H23FN4O/c19-16-6-2-1-5-15(16)17(24)11-22-9-3-4-13(10-22)18-21-20-12-23(18)14-7-8-14/h1-2,5-6,12-14,17,24H,3-4,7-11H2/t13-,17+/m0/s1. The van der Waals surface area contributed by atoms with Gasteiger partial charge in [0.25, 0.3) is 0 Å². The van der Waals surface area contributed by atoms with Crippen LogP contribution >= 0.6 is 0 Å². The van der Waals surface area contributed by atoms with Crippen LogP contribution in [0.2, 0.25) is 0 Å². The maximum Gasteiger partial charge on any atom is 0.137 e. The lowest BCUT2D eigenvalue weighted by Crippen LogP contribution is -2.38. The second-order valence-corrected chi connectivity index (χ2v) is 6.96. The molecule has 2 atom stereocenters. The molecule has 6 heteroatoms. The molecule has 0 bridgehead atoms. The number of hydrogen-bond acceptors (Lipinski definition) is 4. The van der Waals surface area contributed by atoms with E-state index < -0.39 is 6.10 Å². The summed E-state index contributed by atoms with van der Waals surface area (Å²) in [6, 6.07) is 7.04. The molecule has 1 N–H and O–H groups in total. The number of nitrogens with zero attached hydrogens (tertiary/aromatic N) is 4. The lowest BCUT2D eigenvalue weighted by Gasteiger charge is -2.33. The fraction of sp³-hybridized carbons (Fsp3) is 0.556. The molecule has 0 radical (unpaired) electrons. The smallest absolute Gasteiger partial charge is 0.137 e. The zero-order valence-corrected chi connectivity index (χ0v) is 13.7. The molecule has 4 rings (SSSR count). The van der Waals surface area contributed by atoms with Gasteiger partial charge in [-0.15, -0.1) is 10.2 Å². The van der Waals surface area contributed by atoms with Gasteiger partial charge in [0.15, 0.2) is 0 Å². The van der Waals surface area contributed by atoms with Crippen LogP contribution in [0.15, 0.2) is 30.6 Å². The molecule has 2 aliphatic rings. The largest absolute Gasteiger partial charge is 0.387 e. The van der Waals surface area contributed by atoms with E-state index >= 15 is 0 Å². The molecule has 1 saturated heterocycles. The molecule has 2 heterocycles. The van der Waals surface area contributed by atoms with E-state index in [4.69, 9.17) is 0 Å². The van der Waals surface area contributed by atoms with E-state index in [2.05, 4.69) is 19.7 Å². The van der Waals surface area contributed by atoms with Gasteiger partial charge in [-0.2, -0.15) is 0 Å². The SMILES string of the molecule is O[C@H](CN1CCC[C@H](c2nncn2C2CC2)C1)c1ccccc1F. The lowest BCUT2D eigenvalue weighted by molar-refractivity contribution is 0.0916. The summed E-state index contributed by atoms with van der Waals surface area (Å²) in [6.45, 7) is 2.23. The molecule has 0 unspecified atom stereocenters. The van der Waals surface area contributed by atoms with E-state index in [-0.39, 0.29) is 5.82 Å². The Morgan fingerprint density at radius 2 is 2.08 bits per heavy atom. The quantitative estimate of drug-likeness (QED) is 0.916. The average Bonchev–Trinajstić information content (AvgIpc) is 3.32. The average molecular weight is 330 g/mol. The van der Waals surface area contributed by atoms with Crippen molar-refractivity contribution in [3.63, 3.8) is 0 Å². The molecule has 24 heavy (non-hydrogen) atoms. The highest BCUT2D eigenvalue weighted by molar-refractivity contribution is 5.20. The molecule has 0 amide bonds. The van der Waals surface area contributed by atoms with Crippen molar-refractivity contribution >= 4 is 0 Å². The van der Waals surface area contributed by atoms with Gasteiger partial charge in [0.05, 0.1) is 6.10 Å². The second-order valence-electron chi connectivity index (χ2n) is 6.96. The first-order chi connectivity index (χ1) is 11.7. The fourth-order valence-corrected chi connectivity index (χ4v) is 3.70. The van der Waals surface area contributed by atoms with E-state index in [0.29, 0.717) is 24.1 Å². The molecule has 1 aromatic heterocycles. The molecule has 1 aromatic carbocycles. The number of benzene rings is 1. The Bertz CT molecular complexity index is 700. The number of rotatable bonds is 5. The van der Waals surface area contributed by atoms with Crippen LogP contribution in [0.25, 0.3) is 0 Å². The van der Waals surface area contributed by atoms with Crippen LogP contribution in [0.4, 0.5) is 4.39 Å². The van der Waals surface area contributed by atoms with Crippen molar-refractivity contribution in [3.05, 3.63) is 47.8 Å². The van der Waals surface area contributed by atoms with Crippen LogP contribution in [-0.4, -0.2) is 44.4 Å². The number of β-amino-alcohol motifs (C(OH)–C–C–N with tert-alkyl or cyclic N) is 1. The third-order valence-electron chi connectivity index (χ3n) is 5.11. The van der Waals surface area contributed by atoms with Crippen molar-refractivity contribution in [1.29, 1.82) is 0 Å². The summed E-state index contributed by atoms with van der Waals surface area (Å²) < 4.78 is 16.1. The Balaban J connectivity index is 1.43. The summed E-state index contributed by atoms with van der Waals surface area (Å²) in [7, 11) is 0. The van der Waals surface area contributed by atoms with Crippen LogP contribution < -0.4 is 0 Å². The third kappa shape index (κ3) is 3.21. The molecule has 0 spiro atoms. The van der Waals surface area contributed by atoms with Crippen LogP contribution in [0.5, 0.6) is 0 Å². The third-order valence-corrected chi connectivity index (χ3v) is 5.11. The van der Waals surface area contributed by atoms with Gasteiger partial charge in [0, 0.05) is 30.6 Å².